The zero-order chi connectivity index (χ0) is 12.1. The van der Waals surface area contributed by atoms with Gasteiger partial charge in [0, 0.05) is 24.2 Å². The highest BCUT2D eigenvalue weighted by atomic mass is 14.9. The first-order chi connectivity index (χ1) is 8.28. The molecule has 17 heavy (non-hydrogen) atoms. The van der Waals surface area contributed by atoms with Gasteiger partial charge in [-0.2, -0.15) is 0 Å². The monoisotopic (exact) mass is 227 g/mol. The summed E-state index contributed by atoms with van der Waals surface area (Å²) >= 11 is 0. The second-order valence-electron chi connectivity index (χ2n) is 4.12. The topological polar surface area (TPSA) is 51.8 Å². The normalized spacial score (nSPS) is 10.5. The fraction of sp³-hybridized carbons (Fsp3) is 0.286. The number of aryl methyl sites for hydroxylation is 1. The summed E-state index contributed by atoms with van der Waals surface area (Å²) in [5, 5.41) is 0. The lowest BCUT2D eigenvalue weighted by Gasteiger charge is -2.05. The summed E-state index contributed by atoms with van der Waals surface area (Å²) in [6.45, 7) is 2.62. The van der Waals surface area contributed by atoms with Gasteiger partial charge >= 0.3 is 0 Å². The Kier molecular flexibility index (Phi) is 3.83. The molecule has 0 aliphatic rings. The highest BCUT2D eigenvalue weighted by Crippen LogP contribution is 2.07. The van der Waals surface area contributed by atoms with Gasteiger partial charge in [-0.05, 0) is 25.1 Å². The van der Waals surface area contributed by atoms with Crippen LogP contribution in [0.1, 0.15) is 22.8 Å². The molecule has 3 heteroatoms. The largest absolute Gasteiger partial charge is 0.330 e. The summed E-state index contributed by atoms with van der Waals surface area (Å²) in [6.07, 6.45) is 1.59. The average Bonchev–Trinajstić information content (AvgIpc) is 2.30. The molecule has 3 nitrogen and oxygen atoms in total. The molecule has 0 atom stereocenters. The van der Waals surface area contributed by atoms with Crippen LogP contribution in [-0.4, -0.2) is 16.5 Å². The number of hydrogen-bond donors (Lipinski definition) is 1. The molecular formula is C14H17N3. The fourth-order valence-electron chi connectivity index (χ4n) is 1.83. The molecule has 0 bridgehead atoms. The van der Waals surface area contributed by atoms with E-state index in [1.54, 1.807) is 0 Å². The second-order valence-corrected chi connectivity index (χ2v) is 4.12. The molecule has 0 fully saturated rings. The van der Waals surface area contributed by atoms with E-state index in [0.717, 1.165) is 30.1 Å². The molecule has 0 spiro atoms. The Balaban J connectivity index is 2.21. The van der Waals surface area contributed by atoms with E-state index in [2.05, 4.69) is 22.1 Å². The minimum absolute atomic E-state index is 0.626. The zero-order valence-corrected chi connectivity index (χ0v) is 10.1. The van der Waals surface area contributed by atoms with Crippen LogP contribution in [0.4, 0.5) is 0 Å². The van der Waals surface area contributed by atoms with Crippen molar-refractivity contribution in [2.45, 2.75) is 19.8 Å². The Morgan fingerprint density at radius 1 is 1.12 bits per heavy atom. The van der Waals surface area contributed by atoms with Gasteiger partial charge in [-0.25, -0.2) is 9.97 Å². The molecule has 0 saturated carbocycles. The van der Waals surface area contributed by atoms with E-state index in [9.17, 15) is 0 Å². The summed E-state index contributed by atoms with van der Waals surface area (Å²) < 4.78 is 0. The van der Waals surface area contributed by atoms with E-state index in [1.807, 2.05) is 31.2 Å². The van der Waals surface area contributed by atoms with Crippen molar-refractivity contribution in [1.82, 2.24) is 9.97 Å². The van der Waals surface area contributed by atoms with Gasteiger partial charge in [0.1, 0.15) is 5.82 Å². The SMILES string of the molecule is Cc1cc(CCN)nc(Cc2ccccc2)n1. The van der Waals surface area contributed by atoms with Crippen molar-refractivity contribution in [1.29, 1.82) is 0 Å². The van der Waals surface area contributed by atoms with Gasteiger partial charge in [0.05, 0.1) is 0 Å². The molecule has 1 aromatic heterocycles. The van der Waals surface area contributed by atoms with Crippen LogP contribution < -0.4 is 5.73 Å². The molecule has 0 radical (unpaired) electrons. The van der Waals surface area contributed by atoms with Gasteiger partial charge in [0.2, 0.25) is 0 Å². The molecule has 0 saturated heterocycles. The lowest BCUT2D eigenvalue weighted by molar-refractivity contribution is 0.853. The van der Waals surface area contributed by atoms with Crippen LogP contribution in [0.15, 0.2) is 36.4 Å². The molecule has 0 aliphatic heterocycles. The number of hydrogen-bond acceptors (Lipinski definition) is 3. The van der Waals surface area contributed by atoms with E-state index in [1.165, 1.54) is 5.56 Å². The molecule has 88 valence electrons. The van der Waals surface area contributed by atoms with E-state index in [0.29, 0.717) is 6.54 Å². The number of rotatable bonds is 4. The standard InChI is InChI=1S/C14H17N3/c1-11-9-13(7-8-15)17-14(16-11)10-12-5-3-2-4-6-12/h2-6,9H,7-8,10,15H2,1H3. The van der Waals surface area contributed by atoms with Gasteiger partial charge in [-0.15, -0.1) is 0 Å². The number of nitrogens with zero attached hydrogens (tertiary/aromatic N) is 2. The van der Waals surface area contributed by atoms with Crippen LogP contribution in [0.5, 0.6) is 0 Å². The highest BCUT2D eigenvalue weighted by Gasteiger charge is 2.03. The van der Waals surface area contributed by atoms with Crippen LogP contribution in [-0.2, 0) is 12.8 Å². The Hall–Kier alpha value is -1.74. The molecule has 2 aromatic rings. The molecule has 1 aromatic carbocycles. The van der Waals surface area contributed by atoms with Crippen molar-refractivity contribution >= 4 is 0 Å². The van der Waals surface area contributed by atoms with Crippen LogP contribution in [0, 0.1) is 6.92 Å². The van der Waals surface area contributed by atoms with Gasteiger partial charge in [0.15, 0.2) is 0 Å². The quantitative estimate of drug-likeness (QED) is 0.867. The molecule has 0 unspecified atom stereocenters. The van der Waals surface area contributed by atoms with Crippen molar-refractivity contribution in [3.8, 4) is 0 Å². The van der Waals surface area contributed by atoms with Crippen molar-refractivity contribution in [2.75, 3.05) is 6.54 Å². The predicted molar refractivity (Wildman–Crippen MR) is 68.8 cm³/mol. The van der Waals surface area contributed by atoms with Crippen molar-refractivity contribution in [2.24, 2.45) is 5.73 Å². The first kappa shape index (κ1) is 11.7. The lowest BCUT2D eigenvalue weighted by atomic mass is 10.1. The Morgan fingerprint density at radius 2 is 1.88 bits per heavy atom. The van der Waals surface area contributed by atoms with E-state index in [4.69, 9.17) is 5.73 Å². The zero-order valence-electron chi connectivity index (χ0n) is 10.1. The lowest BCUT2D eigenvalue weighted by Crippen LogP contribution is -2.08. The molecule has 0 amide bonds. The van der Waals surface area contributed by atoms with E-state index < -0.39 is 0 Å². The molecular weight excluding hydrogens is 210 g/mol. The number of benzene rings is 1. The molecule has 2 N–H and O–H groups in total. The third kappa shape index (κ3) is 3.36. The molecule has 2 rings (SSSR count). The Bertz CT molecular complexity index is 480. The fourth-order valence-corrected chi connectivity index (χ4v) is 1.83. The second kappa shape index (κ2) is 5.55. The minimum atomic E-state index is 0.626. The summed E-state index contributed by atoms with van der Waals surface area (Å²) in [4.78, 5) is 8.99. The minimum Gasteiger partial charge on any atom is -0.330 e. The maximum Gasteiger partial charge on any atom is 0.133 e. The summed E-state index contributed by atoms with van der Waals surface area (Å²) in [6, 6.07) is 12.3. The molecule has 1 heterocycles. The van der Waals surface area contributed by atoms with Gasteiger partial charge < -0.3 is 5.73 Å². The maximum absolute atomic E-state index is 5.55. The first-order valence-corrected chi connectivity index (χ1v) is 5.85. The van der Waals surface area contributed by atoms with Crippen LogP contribution in [0.2, 0.25) is 0 Å². The summed E-state index contributed by atoms with van der Waals surface area (Å²) in [5.41, 5.74) is 8.83. The smallest absolute Gasteiger partial charge is 0.133 e. The molecule has 0 aliphatic carbocycles. The average molecular weight is 227 g/mol. The van der Waals surface area contributed by atoms with E-state index >= 15 is 0 Å². The Morgan fingerprint density at radius 3 is 2.59 bits per heavy atom. The van der Waals surface area contributed by atoms with Crippen LogP contribution in [0.25, 0.3) is 0 Å². The summed E-state index contributed by atoms with van der Waals surface area (Å²) in [7, 11) is 0. The van der Waals surface area contributed by atoms with E-state index in [-0.39, 0.29) is 0 Å². The van der Waals surface area contributed by atoms with Crippen LogP contribution >= 0.6 is 0 Å². The maximum atomic E-state index is 5.55. The third-order valence-electron chi connectivity index (χ3n) is 2.56. The predicted octanol–water partition coefficient (Wildman–Crippen LogP) is 1.88. The third-order valence-corrected chi connectivity index (χ3v) is 2.56. The van der Waals surface area contributed by atoms with Gasteiger partial charge in [-0.3, -0.25) is 0 Å². The van der Waals surface area contributed by atoms with Crippen molar-refractivity contribution in [3.63, 3.8) is 0 Å². The highest BCUT2D eigenvalue weighted by molar-refractivity contribution is 5.20. The van der Waals surface area contributed by atoms with Gasteiger partial charge in [-0.1, -0.05) is 30.3 Å². The number of aromatic nitrogens is 2. The van der Waals surface area contributed by atoms with Crippen molar-refractivity contribution < 1.29 is 0 Å². The first-order valence-electron chi connectivity index (χ1n) is 5.85. The van der Waals surface area contributed by atoms with Gasteiger partial charge in [0.25, 0.3) is 0 Å². The summed E-state index contributed by atoms with van der Waals surface area (Å²) in [5.74, 6) is 0.875. The Labute approximate surface area is 102 Å². The van der Waals surface area contributed by atoms with Crippen LogP contribution in [0.3, 0.4) is 0 Å². The number of nitrogens with two attached hydrogens (primary N) is 1. The van der Waals surface area contributed by atoms with Crippen molar-refractivity contribution in [3.05, 3.63) is 59.2 Å².